The summed E-state index contributed by atoms with van der Waals surface area (Å²) in [6.45, 7) is 2.59. The van der Waals surface area contributed by atoms with Gasteiger partial charge in [-0.3, -0.25) is 0 Å². The number of H-pyrrole nitrogens is 1. The van der Waals surface area contributed by atoms with E-state index in [1.165, 1.54) is 4.88 Å². The van der Waals surface area contributed by atoms with Crippen molar-refractivity contribution in [3.05, 3.63) is 45.9 Å². The lowest BCUT2D eigenvalue weighted by Crippen LogP contribution is -2.18. The van der Waals surface area contributed by atoms with Crippen LogP contribution in [0.2, 0.25) is 0 Å². The Kier molecular flexibility index (Phi) is 3.61. The van der Waals surface area contributed by atoms with Gasteiger partial charge in [0, 0.05) is 29.4 Å². The number of aromatic amines is 1. The second kappa shape index (κ2) is 5.16. The van der Waals surface area contributed by atoms with Crippen LogP contribution in [0.25, 0.3) is 0 Å². The van der Waals surface area contributed by atoms with Crippen LogP contribution >= 0.6 is 11.3 Å². The molecule has 0 amide bonds. The van der Waals surface area contributed by atoms with Crippen molar-refractivity contribution in [2.75, 3.05) is 0 Å². The van der Waals surface area contributed by atoms with Gasteiger partial charge in [-0.2, -0.15) is 0 Å². The van der Waals surface area contributed by atoms with Crippen LogP contribution in [0.3, 0.4) is 0 Å². The summed E-state index contributed by atoms with van der Waals surface area (Å²) in [5.74, 6) is -0.896. The number of hydrogen-bond donors (Lipinski definition) is 3. The normalized spacial score (nSPS) is 12.5. The fraction of sp³-hybridized carbons (Fsp3) is 0.250. The molecule has 2 heterocycles. The van der Waals surface area contributed by atoms with Gasteiger partial charge in [-0.05, 0) is 24.4 Å². The number of aromatic nitrogens is 1. The molecule has 0 aliphatic rings. The van der Waals surface area contributed by atoms with E-state index in [9.17, 15) is 4.79 Å². The van der Waals surface area contributed by atoms with E-state index in [1.54, 1.807) is 23.6 Å². The Morgan fingerprint density at radius 1 is 1.59 bits per heavy atom. The molecule has 5 heteroatoms. The number of aromatic carboxylic acids is 1. The minimum atomic E-state index is -0.896. The number of nitrogens with one attached hydrogen (secondary N) is 2. The maximum Gasteiger partial charge on any atom is 0.337 e. The molecular weight excluding hydrogens is 236 g/mol. The molecule has 1 atom stereocenters. The summed E-state index contributed by atoms with van der Waals surface area (Å²) in [5.41, 5.74) is 1.04. The zero-order valence-corrected chi connectivity index (χ0v) is 10.3. The topological polar surface area (TPSA) is 65.1 Å². The monoisotopic (exact) mass is 250 g/mol. The van der Waals surface area contributed by atoms with E-state index in [4.69, 9.17) is 5.11 Å². The SMILES string of the molecule is CC(NCc1[nH]ccc1C(=O)O)c1cccs1. The Hall–Kier alpha value is -1.59. The van der Waals surface area contributed by atoms with Crippen molar-refractivity contribution >= 4 is 17.3 Å². The van der Waals surface area contributed by atoms with Crippen LogP contribution in [0, 0.1) is 0 Å². The third-order valence-electron chi connectivity index (χ3n) is 2.62. The van der Waals surface area contributed by atoms with Gasteiger partial charge in [0.05, 0.1) is 5.56 Å². The van der Waals surface area contributed by atoms with E-state index in [-0.39, 0.29) is 6.04 Å². The number of thiophene rings is 1. The largest absolute Gasteiger partial charge is 0.478 e. The predicted molar refractivity (Wildman–Crippen MR) is 67.3 cm³/mol. The molecule has 0 saturated carbocycles. The molecular formula is C12H14N2O2S. The first-order valence-corrected chi connectivity index (χ1v) is 6.23. The Morgan fingerprint density at radius 3 is 3.06 bits per heavy atom. The Morgan fingerprint density at radius 2 is 2.41 bits per heavy atom. The number of carbonyl (C=O) groups is 1. The molecule has 2 aromatic rings. The highest BCUT2D eigenvalue weighted by molar-refractivity contribution is 7.10. The predicted octanol–water partition coefficient (Wildman–Crippen LogP) is 2.63. The van der Waals surface area contributed by atoms with Gasteiger partial charge in [-0.25, -0.2) is 4.79 Å². The summed E-state index contributed by atoms with van der Waals surface area (Å²) in [6.07, 6.45) is 1.65. The van der Waals surface area contributed by atoms with Crippen molar-refractivity contribution in [2.24, 2.45) is 0 Å². The van der Waals surface area contributed by atoms with Gasteiger partial charge in [-0.1, -0.05) is 6.07 Å². The fourth-order valence-corrected chi connectivity index (χ4v) is 2.40. The van der Waals surface area contributed by atoms with Crippen molar-refractivity contribution in [1.29, 1.82) is 0 Å². The van der Waals surface area contributed by atoms with Crippen molar-refractivity contribution in [2.45, 2.75) is 19.5 Å². The first-order valence-electron chi connectivity index (χ1n) is 5.35. The quantitative estimate of drug-likeness (QED) is 0.764. The third-order valence-corrected chi connectivity index (χ3v) is 3.67. The molecule has 0 bridgehead atoms. The molecule has 90 valence electrons. The van der Waals surface area contributed by atoms with Gasteiger partial charge in [-0.15, -0.1) is 11.3 Å². The maximum atomic E-state index is 10.9. The smallest absolute Gasteiger partial charge is 0.337 e. The van der Waals surface area contributed by atoms with E-state index >= 15 is 0 Å². The van der Waals surface area contributed by atoms with Crippen molar-refractivity contribution in [3.8, 4) is 0 Å². The number of hydrogen-bond acceptors (Lipinski definition) is 3. The summed E-state index contributed by atoms with van der Waals surface area (Å²) in [5, 5.41) is 14.3. The van der Waals surface area contributed by atoms with E-state index < -0.39 is 5.97 Å². The van der Waals surface area contributed by atoms with Crippen molar-refractivity contribution in [3.63, 3.8) is 0 Å². The first-order chi connectivity index (χ1) is 8.18. The molecule has 1 unspecified atom stereocenters. The summed E-state index contributed by atoms with van der Waals surface area (Å²) in [6, 6.07) is 5.87. The molecule has 0 radical (unpaired) electrons. The number of carboxylic acids is 1. The minimum absolute atomic E-state index is 0.222. The lowest BCUT2D eigenvalue weighted by atomic mass is 10.2. The van der Waals surface area contributed by atoms with Crippen molar-refractivity contribution < 1.29 is 9.90 Å². The molecule has 2 aromatic heterocycles. The highest BCUT2D eigenvalue weighted by Crippen LogP contribution is 2.18. The molecule has 0 aliphatic heterocycles. The lowest BCUT2D eigenvalue weighted by molar-refractivity contribution is 0.0695. The Balaban J connectivity index is 1.98. The summed E-state index contributed by atoms with van der Waals surface area (Å²) in [7, 11) is 0. The van der Waals surface area contributed by atoms with Gasteiger partial charge in [0.15, 0.2) is 0 Å². The number of rotatable bonds is 5. The van der Waals surface area contributed by atoms with E-state index in [1.807, 2.05) is 11.4 Å². The fourth-order valence-electron chi connectivity index (χ4n) is 1.64. The zero-order valence-electron chi connectivity index (χ0n) is 9.43. The number of carboxylic acid groups (broad SMARTS) is 1. The van der Waals surface area contributed by atoms with Crippen molar-refractivity contribution in [1.82, 2.24) is 10.3 Å². The third kappa shape index (κ3) is 2.75. The first kappa shape index (κ1) is 11.9. The standard InChI is InChI=1S/C12H14N2O2S/c1-8(11-3-2-6-17-11)14-7-10-9(12(15)16)4-5-13-10/h2-6,8,13-14H,7H2,1H3,(H,15,16). The zero-order chi connectivity index (χ0) is 12.3. The minimum Gasteiger partial charge on any atom is -0.478 e. The van der Waals surface area contributed by atoms with Crippen LogP contribution in [-0.2, 0) is 6.54 Å². The Labute approximate surface area is 103 Å². The molecule has 0 aliphatic carbocycles. The molecule has 2 rings (SSSR count). The summed E-state index contributed by atoms with van der Waals surface area (Å²) >= 11 is 1.69. The van der Waals surface area contributed by atoms with Gasteiger partial charge in [0.2, 0.25) is 0 Å². The highest BCUT2D eigenvalue weighted by atomic mass is 32.1. The van der Waals surface area contributed by atoms with E-state index in [2.05, 4.69) is 23.3 Å². The van der Waals surface area contributed by atoms with E-state index in [0.717, 1.165) is 0 Å². The van der Waals surface area contributed by atoms with Gasteiger partial charge >= 0.3 is 5.97 Å². The second-order valence-corrected chi connectivity index (χ2v) is 4.77. The lowest BCUT2D eigenvalue weighted by Gasteiger charge is -2.11. The van der Waals surface area contributed by atoms with Crippen LogP contribution in [-0.4, -0.2) is 16.1 Å². The molecule has 4 nitrogen and oxygen atoms in total. The molecule has 0 aromatic carbocycles. The summed E-state index contributed by atoms with van der Waals surface area (Å²) in [4.78, 5) is 15.1. The second-order valence-electron chi connectivity index (χ2n) is 3.79. The van der Waals surface area contributed by atoms with Crippen LogP contribution in [0.1, 0.15) is 33.9 Å². The van der Waals surface area contributed by atoms with Crippen LogP contribution in [0.15, 0.2) is 29.8 Å². The highest BCUT2D eigenvalue weighted by Gasteiger charge is 2.12. The van der Waals surface area contributed by atoms with Crippen LogP contribution < -0.4 is 5.32 Å². The Bertz CT molecular complexity index is 490. The average Bonchev–Trinajstić information content (AvgIpc) is 2.96. The van der Waals surface area contributed by atoms with Crippen LogP contribution in [0.4, 0.5) is 0 Å². The van der Waals surface area contributed by atoms with E-state index in [0.29, 0.717) is 17.8 Å². The molecule has 0 saturated heterocycles. The average molecular weight is 250 g/mol. The molecule has 3 N–H and O–H groups in total. The van der Waals surface area contributed by atoms with Gasteiger partial charge < -0.3 is 15.4 Å². The van der Waals surface area contributed by atoms with Gasteiger partial charge in [0.25, 0.3) is 0 Å². The molecule has 17 heavy (non-hydrogen) atoms. The maximum absolute atomic E-state index is 10.9. The van der Waals surface area contributed by atoms with Crippen LogP contribution in [0.5, 0.6) is 0 Å². The summed E-state index contributed by atoms with van der Waals surface area (Å²) < 4.78 is 0. The van der Waals surface area contributed by atoms with Gasteiger partial charge in [0.1, 0.15) is 0 Å². The molecule has 0 fully saturated rings. The molecule has 0 spiro atoms.